The van der Waals surface area contributed by atoms with Crippen LogP contribution < -0.4 is 15.1 Å². The second-order valence-corrected chi connectivity index (χ2v) is 8.11. The zero-order chi connectivity index (χ0) is 27.3. The van der Waals surface area contributed by atoms with E-state index in [-0.39, 0.29) is 29.5 Å². The molecular weight excluding hydrogens is 521 g/mol. The van der Waals surface area contributed by atoms with Gasteiger partial charge in [0.15, 0.2) is 0 Å². The van der Waals surface area contributed by atoms with Crippen LogP contribution in [0.25, 0.3) is 5.70 Å². The molecule has 8 nitrogen and oxygen atoms in total. The molecule has 0 N–H and O–H groups in total. The molecule has 2 heterocycles. The van der Waals surface area contributed by atoms with Crippen LogP contribution in [0.5, 0.6) is 17.4 Å². The van der Waals surface area contributed by atoms with E-state index in [1.807, 2.05) is 6.07 Å². The van der Waals surface area contributed by atoms with Crippen molar-refractivity contribution in [2.24, 2.45) is 4.99 Å². The van der Waals surface area contributed by atoms with E-state index in [4.69, 9.17) is 21.1 Å². The maximum atomic E-state index is 13.1. The van der Waals surface area contributed by atoms with Crippen LogP contribution in [0.15, 0.2) is 79.0 Å². The van der Waals surface area contributed by atoms with E-state index < -0.39 is 16.8 Å². The Labute approximate surface area is 220 Å². The predicted molar refractivity (Wildman–Crippen MR) is 132 cm³/mol. The van der Waals surface area contributed by atoms with Crippen LogP contribution in [0, 0.1) is 11.3 Å². The minimum Gasteiger partial charge on any atom is -0.473 e. The summed E-state index contributed by atoms with van der Waals surface area (Å²) >= 11 is 5.66. The summed E-state index contributed by atoms with van der Waals surface area (Å²) < 4.78 is 52.4. The molecule has 0 unspecified atom stereocenters. The van der Waals surface area contributed by atoms with Gasteiger partial charge in [0, 0.05) is 37.3 Å². The summed E-state index contributed by atoms with van der Waals surface area (Å²) in [4.78, 5) is 16.5. The van der Waals surface area contributed by atoms with Crippen LogP contribution in [0.2, 0.25) is 5.02 Å². The molecule has 0 aliphatic carbocycles. The molecule has 4 aromatic rings. The van der Waals surface area contributed by atoms with Gasteiger partial charge >= 0.3 is 6.18 Å². The summed E-state index contributed by atoms with van der Waals surface area (Å²) in [6.45, 7) is 4.10. The molecule has 0 amide bonds. The van der Waals surface area contributed by atoms with Gasteiger partial charge in [-0.2, -0.15) is 23.4 Å². The number of nitriles is 1. The Kier molecular flexibility index (Phi) is 7.74. The van der Waals surface area contributed by atoms with E-state index in [9.17, 15) is 18.4 Å². The van der Waals surface area contributed by atoms with Crippen molar-refractivity contribution in [1.29, 1.82) is 5.26 Å². The SMILES string of the molecule is C=C(c1cncnc1)n1ccc(OCc2ccc(Oc3ccc(Cl)c(C(F)(F)F)c3)c(C#N)c2)nc1=NC. The highest BCUT2D eigenvalue weighted by atomic mass is 35.5. The highest BCUT2D eigenvalue weighted by Crippen LogP contribution is 2.38. The lowest BCUT2D eigenvalue weighted by Gasteiger charge is -2.13. The van der Waals surface area contributed by atoms with Crippen molar-refractivity contribution >= 4 is 17.3 Å². The summed E-state index contributed by atoms with van der Waals surface area (Å²) in [7, 11) is 1.58. The molecule has 0 saturated heterocycles. The van der Waals surface area contributed by atoms with E-state index >= 15 is 0 Å². The van der Waals surface area contributed by atoms with Gasteiger partial charge in [0.1, 0.15) is 30.5 Å². The van der Waals surface area contributed by atoms with Crippen LogP contribution in [0.1, 0.15) is 22.3 Å². The number of halogens is 4. The largest absolute Gasteiger partial charge is 0.473 e. The van der Waals surface area contributed by atoms with Crippen LogP contribution in [0.4, 0.5) is 13.2 Å². The van der Waals surface area contributed by atoms with E-state index in [1.165, 1.54) is 24.5 Å². The second kappa shape index (κ2) is 11.1. The monoisotopic (exact) mass is 538 g/mol. The molecule has 0 bridgehead atoms. The summed E-state index contributed by atoms with van der Waals surface area (Å²) in [5.74, 6) is 0.253. The minimum atomic E-state index is -4.64. The number of rotatable bonds is 7. The molecule has 0 radical (unpaired) electrons. The standard InChI is InChI=1S/C26H18ClF3N6O2/c1-16(19-12-33-15-34-13-19)36-8-7-24(35-25(36)32-2)37-14-17-3-6-23(18(9-17)11-31)38-20-4-5-22(27)21(10-20)26(28,29)30/h3-10,12-13,15H,1,14H2,2H3. The van der Waals surface area contributed by atoms with Crippen molar-refractivity contribution in [3.63, 3.8) is 0 Å². The fourth-order valence-electron chi connectivity index (χ4n) is 3.34. The summed E-state index contributed by atoms with van der Waals surface area (Å²) in [5, 5.41) is 9.11. The first-order valence-corrected chi connectivity index (χ1v) is 11.2. The van der Waals surface area contributed by atoms with Gasteiger partial charge in [-0.05, 0) is 35.9 Å². The zero-order valence-electron chi connectivity index (χ0n) is 19.8. The minimum absolute atomic E-state index is 0.0573. The van der Waals surface area contributed by atoms with Gasteiger partial charge in [0.25, 0.3) is 0 Å². The summed E-state index contributed by atoms with van der Waals surface area (Å²) in [5.41, 5.74) is 1.29. The smallest absolute Gasteiger partial charge is 0.417 e. The molecular formula is C26H18ClF3N6O2. The normalized spacial score (nSPS) is 11.6. The lowest BCUT2D eigenvalue weighted by molar-refractivity contribution is -0.137. The summed E-state index contributed by atoms with van der Waals surface area (Å²) in [6, 6.07) is 11.4. The molecule has 192 valence electrons. The first-order valence-electron chi connectivity index (χ1n) is 10.9. The lowest BCUT2D eigenvalue weighted by atomic mass is 10.1. The van der Waals surface area contributed by atoms with Crippen molar-refractivity contribution < 1.29 is 22.6 Å². The van der Waals surface area contributed by atoms with Gasteiger partial charge < -0.3 is 9.47 Å². The lowest BCUT2D eigenvalue weighted by Crippen LogP contribution is -2.24. The van der Waals surface area contributed by atoms with Crippen LogP contribution in [-0.4, -0.2) is 26.6 Å². The highest BCUT2D eigenvalue weighted by Gasteiger charge is 2.33. The Morgan fingerprint density at radius 2 is 1.92 bits per heavy atom. The number of benzene rings is 2. The van der Waals surface area contributed by atoms with Crippen molar-refractivity contribution in [1.82, 2.24) is 19.5 Å². The number of hydrogen-bond acceptors (Lipinski definition) is 7. The fourth-order valence-corrected chi connectivity index (χ4v) is 3.57. The van der Waals surface area contributed by atoms with Crippen LogP contribution >= 0.6 is 11.6 Å². The van der Waals surface area contributed by atoms with Gasteiger partial charge in [0.05, 0.1) is 21.8 Å². The van der Waals surface area contributed by atoms with Crippen molar-refractivity contribution in [3.8, 4) is 23.4 Å². The first-order chi connectivity index (χ1) is 18.2. The Morgan fingerprint density at radius 3 is 2.61 bits per heavy atom. The molecule has 0 atom stereocenters. The van der Waals surface area contributed by atoms with Crippen molar-refractivity contribution in [3.05, 3.63) is 107 Å². The third kappa shape index (κ3) is 5.99. The maximum Gasteiger partial charge on any atom is 0.417 e. The number of alkyl halides is 3. The Hall–Kier alpha value is -4.69. The van der Waals surface area contributed by atoms with E-state index in [0.717, 1.165) is 12.1 Å². The average molecular weight is 539 g/mol. The topological polar surface area (TPSA) is 98.2 Å². The maximum absolute atomic E-state index is 13.1. The van der Waals surface area contributed by atoms with Gasteiger partial charge in [-0.3, -0.25) is 9.56 Å². The van der Waals surface area contributed by atoms with E-state index in [1.54, 1.807) is 42.3 Å². The summed E-state index contributed by atoms with van der Waals surface area (Å²) in [6.07, 6.45) is 1.70. The molecule has 0 spiro atoms. The average Bonchev–Trinajstić information content (AvgIpc) is 2.92. The van der Waals surface area contributed by atoms with Crippen molar-refractivity contribution in [2.75, 3.05) is 7.05 Å². The second-order valence-electron chi connectivity index (χ2n) is 7.71. The molecule has 38 heavy (non-hydrogen) atoms. The fraction of sp³-hybridized carbons (Fsp3) is 0.115. The van der Waals surface area contributed by atoms with Crippen molar-refractivity contribution in [2.45, 2.75) is 12.8 Å². The number of ether oxygens (including phenoxy) is 2. The third-order valence-corrected chi connectivity index (χ3v) is 5.53. The number of hydrogen-bond donors (Lipinski definition) is 0. The van der Waals surface area contributed by atoms with E-state index in [0.29, 0.717) is 22.4 Å². The molecule has 2 aromatic carbocycles. The molecule has 0 saturated carbocycles. The first kappa shape index (κ1) is 26.4. The number of nitrogens with zero attached hydrogens (tertiary/aromatic N) is 6. The highest BCUT2D eigenvalue weighted by molar-refractivity contribution is 6.31. The Morgan fingerprint density at radius 1 is 1.16 bits per heavy atom. The Balaban J connectivity index is 1.49. The zero-order valence-corrected chi connectivity index (χ0v) is 20.5. The van der Waals surface area contributed by atoms with Gasteiger partial charge in [-0.15, -0.1) is 0 Å². The van der Waals surface area contributed by atoms with Crippen LogP contribution in [0.3, 0.4) is 0 Å². The Bertz CT molecular complexity index is 1600. The molecule has 0 aliphatic rings. The molecule has 4 rings (SSSR count). The molecule has 0 aliphatic heterocycles. The predicted octanol–water partition coefficient (Wildman–Crippen LogP) is 5.64. The third-order valence-electron chi connectivity index (χ3n) is 5.20. The van der Waals surface area contributed by atoms with Gasteiger partial charge in [-0.25, -0.2) is 9.97 Å². The number of aromatic nitrogens is 4. The molecule has 2 aromatic heterocycles. The van der Waals surface area contributed by atoms with E-state index in [2.05, 4.69) is 26.5 Å². The molecule has 0 fully saturated rings. The van der Waals surface area contributed by atoms with Crippen LogP contribution in [-0.2, 0) is 12.8 Å². The quantitative estimate of drug-likeness (QED) is 0.302. The molecule has 12 heteroatoms. The van der Waals surface area contributed by atoms with Gasteiger partial charge in [0.2, 0.25) is 11.5 Å². The van der Waals surface area contributed by atoms with Gasteiger partial charge in [-0.1, -0.05) is 24.2 Å².